The lowest BCUT2D eigenvalue weighted by Gasteiger charge is -2.11. The van der Waals surface area contributed by atoms with Crippen molar-refractivity contribution in [1.29, 1.82) is 0 Å². The van der Waals surface area contributed by atoms with Crippen molar-refractivity contribution >= 4 is 5.97 Å². The summed E-state index contributed by atoms with van der Waals surface area (Å²) in [5.74, 6) is -1.08. The zero-order valence-electron chi connectivity index (χ0n) is 6.96. The van der Waals surface area contributed by atoms with Crippen LogP contribution in [0.4, 0.5) is 0 Å². The molecule has 0 amide bonds. The first kappa shape index (κ1) is 10.4. The highest BCUT2D eigenvalue weighted by Gasteiger charge is 2.42. The number of ether oxygens (including phenoxy) is 1. The molecule has 1 fully saturated rings. The van der Waals surface area contributed by atoms with Crippen molar-refractivity contribution in [2.24, 2.45) is 5.73 Å². The number of aliphatic carboxylic acids is 1. The summed E-state index contributed by atoms with van der Waals surface area (Å²) in [5, 5.41) is 27.0. The normalized spacial score (nSPS) is 39.3. The molecule has 5 N–H and O–H groups in total. The van der Waals surface area contributed by atoms with Gasteiger partial charge in [-0.2, -0.15) is 0 Å². The number of carboxylic acids is 1. The van der Waals surface area contributed by atoms with Crippen LogP contribution >= 0.6 is 0 Å². The summed E-state index contributed by atoms with van der Waals surface area (Å²) >= 11 is 0. The fourth-order valence-electron chi connectivity index (χ4n) is 1.36. The van der Waals surface area contributed by atoms with Crippen LogP contribution in [0.1, 0.15) is 6.42 Å². The van der Waals surface area contributed by atoms with Gasteiger partial charge in [-0.25, -0.2) is 0 Å². The maximum absolute atomic E-state index is 10.3. The minimum atomic E-state index is -1.16. The van der Waals surface area contributed by atoms with E-state index in [9.17, 15) is 15.0 Å². The summed E-state index contributed by atoms with van der Waals surface area (Å²) in [6, 6.07) is 0. The summed E-state index contributed by atoms with van der Waals surface area (Å²) in [7, 11) is 0. The van der Waals surface area contributed by atoms with Crippen LogP contribution in [-0.4, -0.2) is 52.2 Å². The largest absolute Gasteiger partial charge is 0.481 e. The van der Waals surface area contributed by atoms with Gasteiger partial charge < -0.3 is 25.8 Å². The van der Waals surface area contributed by atoms with Crippen molar-refractivity contribution in [3.63, 3.8) is 0 Å². The number of nitrogens with two attached hydrogens (primary N) is 1. The number of aliphatic hydroxyl groups is 2. The van der Waals surface area contributed by atoms with E-state index < -0.39 is 30.4 Å². The highest BCUT2D eigenvalue weighted by atomic mass is 16.5. The van der Waals surface area contributed by atoms with Crippen molar-refractivity contribution in [3.8, 4) is 0 Å². The standard InChI is InChI=1S/C7H13NO5/c8-2-4-7(12)6(11)3(13-4)1-5(9)10/h3-4,6-7,11-12H,1-2,8H2,(H,9,10)/t3-,4-,6?,7?/m1/s1. The molecule has 1 aliphatic rings. The second kappa shape index (κ2) is 4.01. The Kier molecular flexibility index (Phi) is 3.21. The Hall–Kier alpha value is -0.690. The quantitative estimate of drug-likeness (QED) is 0.407. The molecule has 0 aromatic heterocycles. The van der Waals surface area contributed by atoms with Gasteiger partial charge in [0.15, 0.2) is 0 Å². The Morgan fingerprint density at radius 1 is 1.31 bits per heavy atom. The SMILES string of the molecule is NC[C@H]1O[C@H](CC(=O)O)C(O)C1O. The Balaban J connectivity index is 2.55. The number of carboxylic acid groups (broad SMARTS) is 1. The van der Waals surface area contributed by atoms with Gasteiger partial charge in [0.25, 0.3) is 0 Å². The summed E-state index contributed by atoms with van der Waals surface area (Å²) < 4.78 is 5.04. The Labute approximate surface area is 74.9 Å². The van der Waals surface area contributed by atoms with Gasteiger partial charge >= 0.3 is 5.97 Å². The molecule has 4 atom stereocenters. The molecule has 1 heterocycles. The van der Waals surface area contributed by atoms with Gasteiger partial charge in [-0.3, -0.25) is 4.79 Å². The van der Waals surface area contributed by atoms with Crippen molar-refractivity contribution < 1.29 is 24.9 Å². The fraction of sp³-hybridized carbons (Fsp3) is 0.857. The first-order valence-corrected chi connectivity index (χ1v) is 3.99. The van der Waals surface area contributed by atoms with Crippen LogP contribution in [0.15, 0.2) is 0 Å². The van der Waals surface area contributed by atoms with E-state index >= 15 is 0 Å². The van der Waals surface area contributed by atoms with E-state index in [1.54, 1.807) is 0 Å². The lowest BCUT2D eigenvalue weighted by Crippen LogP contribution is -2.36. The van der Waals surface area contributed by atoms with Crippen molar-refractivity contribution in [3.05, 3.63) is 0 Å². The second-order valence-electron chi connectivity index (χ2n) is 3.03. The van der Waals surface area contributed by atoms with E-state index in [0.29, 0.717) is 0 Å². The van der Waals surface area contributed by atoms with E-state index in [2.05, 4.69) is 0 Å². The second-order valence-corrected chi connectivity index (χ2v) is 3.03. The molecule has 1 saturated heterocycles. The fourth-order valence-corrected chi connectivity index (χ4v) is 1.36. The van der Waals surface area contributed by atoms with Crippen LogP contribution in [0.3, 0.4) is 0 Å². The lowest BCUT2D eigenvalue weighted by atomic mass is 10.1. The van der Waals surface area contributed by atoms with Crippen molar-refractivity contribution in [1.82, 2.24) is 0 Å². The highest BCUT2D eigenvalue weighted by molar-refractivity contribution is 5.67. The number of hydrogen-bond acceptors (Lipinski definition) is 5. The predicted octanol–water partition coefficient (Wildman–Crippen LogP) is -2.09. The van der Waals surface area contributed by atoms with E-state index in [0.717, 1.165) is 0 Å². The summed E-state index contributed by atoms with van der Waals surface area (Å²) in [6.07, 6.45) is -4.10. The van der Waals surface area contributed by atoms with Gasteiger partial charge in [0.05, 0.1) is 18.6 Å². The molecule has 2 unspecified atom stereocenters. The molecule has 6 nitrogen and oxygen atoms in total. The van der Waals surface area contributed by atoms with Crippen LogP contribution in [0.25, 0.3) is 0 Å². The number of hydrogen-bond donors (Lipinski definition) is 4. The summed E-state index contributed by atoms with van der Waals surface area (Å²) in [6.45, 7) is 0.0638. The van der Waals surface area contributed by atoms with Gasteiger partial charge in [0.1, 0.15) is 12.2 Å². The maximum atomic E-state index is 10.3. The summed E-state index contributed by atoms with van der Waals surface area (Å²) in [4.78, 5) is 10.3. The van der Waals surface area contributed by atoms with Crippen LogP contribution in [0.2, 0.25) is 0 Å². The van der Waals surface area contributed by atoms with Gasteiger partial charge in [0, 0.05) is 6.54 Å². The molecular weight excluding hydrogens is 178 g/mol. The lowest BCUT2D eigenvalue weighted by molar-refractivity contribution is -0.141. The molecule has 6 heteroatoms. The summed E-state index contributed by atoms with van der Waals surface area (Å²) in [5.41, 5.74) is 5.24. The molecular formula is C7H13NO5. The highest BCUT2D eigenvalue weighted by Crippen LogP contribution is 2.22. The maximum Gasteiger partial charge on any atom is 0.306 e. The topological polar surface area (TPSA) is 113 Å². The molecule has 13 heavy (non-hydrogen) atoms. The zero-order chi connectivity index (χ0) is 10.0. The van der Waals surface area contributed by atoms with Gasteiger partial charge in [-0.05, 0) is 0 Å². The molecule has 0 saturated carbocycles. The first-order valence-electron chi connectivity index (χ1n) is 3.99. The molecule has 1 aliphatic heterocycles. The van der Waals surface area contributed by atoms with Crippen LogP contribution in [-0.2, 0) is 9.53 Å². The Morgan fingerprint density at radius 2 is 1.85 bits per heavy atom. The zero-order valence-corrected chi connectivity index (χ0v) is 6.96. The minimum Gasteiger partial charge on any atom is -0.481 e. The van der Waals surface area contributed by atoms with E-state index in [4.69, 9.17) is 15.6 Å². The molecule has 0 radical (unpaired) electrons. The Morgan fingerprint density at radius 3 is 2.23 bits per heavy atom. The average molecular weight is 191 g/mol. The monoisotopic (exact) mass is 191 g/mol. The third-order valence-corrected chi connectivity index (χ3v) is 2.07. The third kappa shape index (κ3) is 2.16. The molecule has 1 rings (SSSR count). The van der Waals surface area contributed by atoms with Gasteiger partial charge in [0.2, 0.25) is 0 Å². The van der Waals surface area contributed by atoms with Crippen molar-refractivity contribution in [2.75, 3.05) is 6.54 Å². The van der Waals surface area contributed by atoms with E-state index in [-0.39, 0.29) is 13.0 Å². The molecule has 0 aromatic rings. The average Bonchev–Trinajstić information content (AvgIpc) is 2.32. The van der Waals surface area contributed by atoms with Crippen LogP contribution in [0, 0.1) is 0 Å². The molecule has 0 aromatic carbocycles. The molecule has 0 spiro atoms. The van der Waals surface area contributed by atoms with E-state index in [1.165, 1.54) is 0 Å². The van der Waals surface area contributed by atoms with Gasteiger partial charge in [-0.1, -0.05) is 0 Å². The Bertz CT molecular complexity index is 197. The smallest absolute Gasteiger partial charge is 0.306 e. The first-order chi connectivity index (χ1) is 6.06. The number of aliphatic hydroxyl groups excluding tert-OH is 2. The van der Waals surface area contributed by atoms with Gasteiger partial charge in [-0.15, -0.1) is 0 Å². The molecule has 0 aliphatic carbocycles. The van der Waals surface area contributed by atoms with Crippen LogP contribution < -0.4 is 5.73 Å². The van der Waals surface area contributed by atoms with Crippen LogP contribution in [0.5, 0.6) is 0 Å². The van der Waals surface area contributed by atoms with Crippen molar-refractivity contribution in [2.45, 2.75) is 30.8 Å². The predicted molar refractivity (Wildman–Crippen MR) is 42.0 cm³/mol. The minimum absolute atomic E-state index is 0.0638. The van der Waals surface area contributed by atoms with E-state index in [1.807, 2.05) is 0 Å². The third-order valence-electron chi connectivity index (χ3n) is 2.07. The number of carbonyl (C=O) groups is 1. The number of rotatable bonds is 3. The molecule has 76 valence electrons. The molecule has 0 bridgehead atoms.